The van der Waals surface area contributed by atoms with E-state index < -0.39 is 18.5 Å². The molecule has 1 saturated heterocycles. The lowest BCUT2D eigenvalue weighted by Gasteiger charge is -2.28. The first kappa shape index (κ1) is 21.3. The highest BCUT2D eigenvalue weighted by Gasteiger charge is 2.14. The molecule has 1 amide bonds. The fourth-order valence-corrected chi connectivity index (χ4v) is 3.81. The molecule has 29 heavy (non-hydrogen) atoms. The van der Waals surface area contributed by atoms with E-state index in [1.165, 1.54) is 11.3 Å². The summed E-state index contributed by atoms with van der Waals surface area (Å²) in [7, 11) is 0. The first-order valence-corrected chi connectivity index (χ1v) is 10.4. The lowest BCUT2D eigenvalue weighted by Crippen LogP contribution is -2.36. The molecule has 1 fully saturated rings. The van der Waals surface area contributed by atoms with Crippen LogP contribution in [0.2, 0.25) is 4.34 Å². The average Bonchev–Trinajstić information content (AvgIpc) is 3.18. The van der Waals surface area contributed by atoms with Crippen molar-refractivity contribution in [3.8, 4) is 0 Å². The van der Waals surface area contributed by atoms with E-state index in [0.717, 1.165) is 18.8 Å². The molecule has 0 saturated carbocycles. The Balaban J connectivity index is 1.37. The second-order valence-electron chi connectivity index (χ2n) is 6.38. The normalized spacial score (nSPS) is 13.8. The second-order valence-corrected chi connectivity index (χ2v) is 8.10. The van der Waals surface area contributed by atoms with Gasteiger partial charge in [-0.3, -0.25) is 14.4 Å². The Bertz CT molecular complexity index is 862. The molecule has 1 aromatic heterocycles. The van der Waals surface area contributed by atoms with Gasteiger partial charge in [0.25, 0.3) is 5.91 Å². The highest BCUT2D eigenvalue weighted by Crippen LogP contribution is 2.23. The first-order valence-electron chi connectivity index (χ1n) is 9.18. The van der Waals surface area contributed by atoms with Crippen LogP contribution in [0.15, 0.2) is 36.4 Å². The van der Waals surface area contributed by atoms with E-state index in [2.05, 4.69) is 10.2 Å². The molecular weight excluding hydrogens is 416 g/mol. The molecule has 0 spiro atoms. The molecular formula is C20H21ClN2O5S. The van der Waals surface area contributed by atoms with Crippen LogP contribution in [0, 0.1) is 0 Å². The second kappa shape index (κ2) is 10.4. The number of thiophene rings is 1. The number of halogens is 1. The van der Waals surface area contributed by atoms with Crippen molar-refractivity contribution in [3.63, 3.8) is 0 Å². The number of anilines is 2. The molecule has 0 unspecified atom stereocenters. The summed E-state index contributed by atoms with van der Waals surface area (Å²) >= 11 is 6.96. The van der Waals surface area contributed by atoms with E-state index in [-0.39, 0.29) is 18.6 Å². The van der Waals surface area contributed by atoms with Crippen molar-refractivity contribution >= 4 is 52.0 Å². The van der Waals surface area contributed by atoms with Gasteiger partial charge in [-0.25, -0.2) is 0 Å². The molecule has 1 aliphatic heterocycles. The molecule has 3 rings (SSSR count). The van der Waals surface area contributed by atoms with Crippen molar-refractivity contribution in [1.82, 2.24) is 0 Å². The monoisotopic (exact) mass is 436 g/mol. The number of ketones is 1. The van der Waals surface area contributed by atoms with Crippen molar-refractivity contribution < 1.29 is 23.9 Å². The van der Waals surface area contributed by atoms with Gasteiger partial charge in [-0.1, -0.05) is 11.6 Å². The Morgan fingerprint density at radius 2 is 1.79 bits per heavy atom. The summed E-state index contributed by atoms with van der Waals surface area (Å²) in [6, 6.07) is 10.7. The Morgan fingerprint density at radius 1 is 1.07 bits per heavy atom. The highest BCUT2D eigenvalue weighted by atomic mass is 35.5. The number of amides is 1. The maximum atomic E-state index is 12.0. The van der Waals surface area contributed by atoms with Gasteiger partial charge in [0.15, 0.2) is 12.4 Å². The van der Waals surface area contributed by atoms with E-state index in [1.807, 2.05) is 12.1 Å². The van der Waals surface area contributed by atoms with Gasteiger partial charge in [0, 0.05) is 30.9 Å². The Hall–Kier alpha value is -2.42. The van der Waals surface area contributed by atoms with E-state index in [9.17, 15) is 14.4 Å². The van der Waals surface area contributed by atoms with Gasteiger partial charge in [-0.2, -0.15) is 0 Å². The predicted molar refractivity (Wildman–Crippen MR) is 112 cm³/mol. The van der Waals surface area contributed by atoms with Crippen LogP contribution in [-0.2, 0) is 19.1 Å². The molecule has 7 nitrogen and oxygen atoms in total. The lowest BCUT2D eigenvalue weighted by molar-refractivity contribution is -0.147. The van der Waals surface area contributed by atoms with Gasteiger partial charge in [-0.15, -0.1) is 11.3 Å². The molecule has 0 aliphatic carbocycles. The van der Waals surface area contributed by atoms with Crippen LogP contribution in [0.25, 0.3) is 0 Å². The average molecular weight is 437 g/mol. The minimum Gasteiger partial charge on any atom is -0.456 e. The zero-order valence-corrected chi connectivity index (χ0v) is 17.3. The number of carbonyl (C=O) groups is 3. The van der Waals surface area contributed by atoms with E-state index in [4.69, 9.17) is 21.1 Å². The summed E-state index contributed by atoms with van der Waals surface area (Å²) in [5, 5.41) is 2.68. The van der Waals surface area contributed by atoms with Crippen molar-refractivity contribution in [2.45, 2.75) is 12.8 Å². The third kappa shape index (κ3) is 6.56. The number of ether oxygens (including phenoxy) is 2. The van der Waals surface area contributed by atoms with Crippen molar-refractivity contribution in [2.24, 2.45) is 0 Å². The molecule has 0 bridgehead atoms. The predicted octanol–water partition coefficient (Wildman–Crippen LogP) is 3.38. The summed E-state index contributed by atoms with van der Waals surface area (Å²) in [6.07, 6.45) is -0.0732. The van der Waals surface area contributed by atoms with Crippen LogP contribution >= 0.6 is 22.9 Å². The molecule has 9 heteroatoms. The third-order valence-corrected chi connectivity index (χ3v) is 5.57. The van der Waals surface area contributed by atoms with Crippen LogP contribution in [0.3, 0.4) is 0 Å². The fraction of sp³-hybridized carbons (Fsp3) is 0.350. The number of nitrogens with zero attached hydrogens (tertiary/aromatic N) is 1. The van der Waals surface area contributed by atoms with E-state index in [0.29, 0.717) is 28.1 Å². The largest absolute Gasteiger partial charge is 0.456 e. The van der Waals surface area contributed by atoms with E-state index >= 15 is 0 Å². The molecule has 154 valence electrons. The Labute approximate surface area is 177 Å². The van der Waals surface area contributed by atoms with Gasteiger partial charge in [0.1, 0.15) is 0 Å². The zero-order chi connectivity index (χ0) is 20.6. The molecule has 2 heterocycles. The molecule has 0 atom stereocenters. The number of nitrogens with one attached hydrogen (secondary N) is 1. The van der Waals surface area contributed by atoms with Gasteiger partial charge < -0.3 is 19.7 Å². The molecule has 1 aromatic carbocycles. The highest BCUT2D eigenvalue weighted by molar-refractivity contribution is 7.18. The van der Waals surface area contributed by atoms with Crippen molar-refractivity contribution in [3.05, 3.63) is 45.6 Å². The van der Waals surface area contributed by atoms with E-state index in [1.54, 1.807) is 24.3 Å². The SMILES string of the molecule is O=C(COC(=O)CCC(=O)c1ccc(Cl)s1)Nc1ccc(N2CCOCC2)cc1. The quantitative estimate of drug-likeness (QED) is 0.504. The van der Waals surface area contributed by atoms with Gasteiger partial charge in [-0.05, 0) is 36.4 Å². The maximum Gasteiger partial charge on any atom is 0.306 e. The molecule has 2 aromatic rings. The van der Waals surface area contributed by atoms with Crippen LogP contribution in [0.1, 0.15) is 22.5 Å². The maximum absolute atomic E-state index is 12.0. The minimum absolute atomic E-state index is 0.0142. The standard InChI is InChI=1S/C20H21ClN2O5S/c21-18-7-6-17(29-18)16(24)5-8-20(26)28-13-19(25)22-14-1-3-15(4-2-14)23-9-11-27-12-10-23/h1-4,6-7H,5,8-13H2,(H,22,25). The summed E-state index contributed by atoms with van der Waals surface area (Å²) in [5.74, 6) is -1.21. The topological polar surface area (TPSA) is 84.9 Å². The van der Waals surface area contributed by atoms with Crippen molar-refractivity contribution in [2.75, 3.05) is 43.1 Å². The number of esters is 1. The number of rotatable bonds is 8. The van der Waals surface area contributed by atoms with Crippen LogP contribution in [-0.4, -0.2) is 50.6 Å². The first-order chi connectivity index (χ1) is 14.0. The van der Waals surface area contributed by atoms with Crippen LogP contribution < -0.4 is 10.2 Å². The van der Waals surface area contributed by atoms with Crippen LogP contribution in [0.4, 0.5) is 11.4 Å². The number of carbonyl (C=O) groups excluding carboxylic acids is 3. The van der Waals surface area contributed by atoms with Gasteiger partial charge in [0.2, 0.25) is 0 Å². The molecule has 1 N–H and O–H groups in total. The Morgan fingerprint density at radius 3 is 2.45 bits per heavy atom. The number of morpholine rings is 1. The summed E-state index contributed by atoms with van der Waals surface area (Å²) in [4.78, 5) is 38.4. The number of Topliss-reactive ketones (excluding diaryl/α,β-unsaturated/α-hetero) is 1. The van der Waals surface area contributed by atoms with Gasteiger partial charge in [0.05, 0.1) is 28.8 Å². The van der Waals surface area contributed by atoms with Crippen LogP contribution in [0.5, 0.6) is 0 Å². The lowest BCUT2D eigenvalue weighted by atomic mass is 10.2. The number of hydrogen-bond donors (Lipinski definition) is 1. The minimum atomic E-state index is -0.598. The summed E-state index contributed by atoms with van der Waals surface area (Å²) in [5.41, 5.74) is 1.68. The molecule has 1 aliphatic rings. The number of benzene rings is 1. The Kier molecular flexibility index (Phi) is 7.62. The zero-order valence-electron chi connectivity index (χ0n) is 15.7. The van der Waals surface area contributed by atoms with Crippen molar-refractivity contribution in [1.29, 1.82) is 0 Å². The fourth-order valence-electron chi connectivity index (χ4n) is 2.80. The van der Waals surface area contributed by atoms with Gasteiger partial charge >= 0.3 is 5.97 Å². The molecule has 0 radical (unpaired) electrons. The summed E-state index contributed by atoms with van der Waals surface area (Å²) in [6.45, 7) is 2.68. The number of hydrogen-bond acceptors (Lipinski definition) is 7. The third-order valence-electron chi connectivity index (χ3n) is 4.30. The smallest absolute Gasteiger partial charge is 0.306 e. The summed E-state index contributed by atoms with van der Waals surface area (Å²) < 4.78 is 10.8.